The Hall–Kier alpha value is -2.84. The number of hydrogen-bond donors (Lipinski definition) is 0. The molecule has 8 nitrogen and oxygen atoms in total. The lowest BCUT2D eigenvalue weighted by atomic mass is 10.1. The minimum absolute atomic E-state index is 0.0418. The molecule has 1 saturated heterocycles. The average Bonchev–Trinajstić information content (AvgIpc) is 3.20. The fourth-order valence-electron chi connectivity index (χ4n) is 4.24. The standard InChI is InChI=1S/C23H30N4O4/c1-24-10-13-26(14-11-24)23(29)22-19-7-9-25(8-3-5-18-6-4-16-31-18)12-15-27(19)21(28)17-20(22)30-2/h3-6,16-17H,7-15H2,1-2H3. The molecular weight excluding hydrogens is 396 g/mol. The molecule has 1 fully saturated rings. The van der Waals surface area contributed by atoms with Gasteiger partial charge in [0, 0.05) is 70.5 Å². The van der Waals surface area contributed by atoms with Gasteiger partial charge < -0.3 is 23.5 Å². The van der Waals surface area contributed by atoms with Crippen molar-refractivity contribution in [1.29, 1.82) is 0 Å². The van der Waals surface area contributed by atoms with Gasteiger partial charge in [-0.2, -0.15) is 0 Å². The highest BCUT2D eigenvalue weighted by molar-refractivity contribution is 5.98. The number of likely N-dealkylation sites (N-methyl/N-ethyl adjacent to an activating group) is 1. The van der Waals surface area contributed by atoms with Crippen LogP contribution in [0.15, 0.2) is 39.7 Å². The van der Waals surface area contributed by atoms with E-state index < -0.39 is 0 Å². The lowest BCUT2D eigenvalue weighted by Gasteiger charge is -2.33. The van der Waals surface area contributed by atoms with E-state index in [0.717, 1.165) is 44.2 Å². The number of pyridine rings is 1. The molecule has 0 saturated carbocycles. The smallest absolute Gasteiger partial charge is 0.259 e. The van der Waals surface area contributed by atoms with E-state index in [2.05, 4.69) is 22.9 Å². The molecule has 4 rings (SSSR count). The number of carbonyl (C=O) groups excluding carboxylic acids is 1. The summed E-state index contributed by atoms with van der Waals surface area (Å²) in [7, 11) is 3.58. The lowest BCUT2D eigenvalue weighted by Crippen LogP contribution is -2.47. The zero-order valence-corrected chi connectivity index (χ0v) is 18.2. The van der Waals surface area contributed by atoms with Gasteiger partial charge in [0.25, 0.3) is 11.5 Å². The quantitative estimate of drug-likeness (QED) is 0.720. The second-order valence-corrected chi connectivity index (χ2v) is 8.09. The van der Waals surface area contributed by atoms with Crippen LogP contribution in [0.25, 0.3) is 6.08 Å². The van der Waals surface area contributed by atoms with Gasteiger partial charge in [-0.25, -0.2) is 0 Å². The Labute approximate surface area is 182 Å². The van der Waals surface area contributed by atoms with Crippen molar-refractivity contribution >= 4 is 12.0 Å². The predicted octanol–water partition coefficient (Wildman–Crippen LogP) is 1.41. The summed E-state index contributed by atoms with van der Waals surface area (Å²) < 4.78 is 12.6. The van der Waals surface area contributed by atoms with Crippen LogP contribution in [0.1, 0.15) is 21.8 Å². The molecule has 0 bridgehead atoms. The maximum absolute atomic E-state index is 13.4. The SMILES string of the molecule is COc1cc(=O)n2c(c1C(=O)N1CCN(C)CC1)CCN(CC=Cc1ccco1)CC2. The molecule has 31 heavy (non-hydrogen) atoms. The first-order valence-corrected chi connectivity index (χ1v) is 10.8. The fraction of sp³-hybridized carbons (Fsp3) is 0.478. The van der Waals surface area contributed by atoms with Crippen molar-refractivity contribution in [3.8, 4) is 5.75 Å². The van der Waals surface area contributed by atoms with E-state index in [4.69, 9.17) is 9.15 Å². The number of nitrogens with zero attached hydrogens (tertiary/aromatic N) is 4. The fourth-order valence-corrected chi connectivity index (χ4v) is 4.24. The minimum atomic E-state index is -0.116. The molecule has 0 N–H and O–H groups in total. The normalized spacial score (nSPS) is 18.2. The highest BCUT2D eigenvalue weighted by Crippen LogP contribution is 2.25. The van der Waals surface area contributed by atoms with Crippen LogP contribution in [0.4, 0.5) is 0 Å². The summed E-state index contributed by atoms with van der Waals surface area (Å²) in [6.45, 7) is 5.86. The molecule has 0 aromatic carbocycles. The van der Waals surface area contributed by atoms with Crippen molar-refractivity contribution in [2.24, 2.45) is 0 Å². The lowest BCUT2D eigenvalue weighted by molar-refractivity contribution is 0.0658. The Morgan fingerprint density at radius 3 is 2.68 bits per heavy atom. The van der Waals surface area contributed by atoms with Gasteiger partial charge in [0.05, 0.1) is 13.4 Å². The molecule has 2 aromatic rings. The molecule has 1 amide bonds. The van der Waals surface area contributed by atoms with Crippen LogP contribution < -0.4 is 10.3 Å². The highest BCUT2D eigenvalue weighted by atomic mass is 16.5. The van der Waals surface area contributed by atoms with E-state index in [-0.39, 0.29) is 11.5 Å². The molecule has 0 spiro atoms. The first-order chi connectivity index (χ1) is 15.1. The second-order valence-electron chi connectivity index (χ2n) is 8.09. The van der Waals surface area contributed by atoms with Gasteiger partial charge in [0.1, 0.15) is 17.1 Å². The summed E-state index contributed by atoms with van der Waals surface area (Å²) >= 11 is 0. The van der Waals surface area contributed by atoms with Gasteiger partial charge in [0.15, 0.2) is 0 Å². The van der Waals surface area contributed by atoms with Gasteiger partial charge in [-0.15, -0.1) is 0 Å². The van der Waals surface area contributed by atoms with Crippen LogP contribution in [0.3, 0.4) is 0 Å². The van der Waals surface area contributed by atoms with Crippen LogP contribution in [0.2, 0.25) is 0 Å². The predicted molar refractivity (Wildman–Crippen MR) is 119 cm³/mol. The third kappa shape index (κ3) is 4.75. The van der Waals surface area contributed by atoms with Gasteiger partial charge in [-0.05, 0) is 25.3 Å². The van der Waals surface area contributed by atoms with E-state index >= 15 is 0 Å². The maximum atomic E-state index is 13.4. The van der Waals surface area contributed by atoms with Crippen molar-refractivity contribution < 1.29 is 13.9 Å². The van der Waals surface area contributed by atoms with Gasteiger partial charge in [0.2, 0.25) is 0 Å². The number of hydrogen-bond acceptors (Lipinski definition) is 6. The summed E-state index contributed by atoms with van der Waals surface area (Å²) in [5.41, 5.74) is 1.21. The molecule has 166 valence electrons. The van der Waals surface area contributed by atoms with E-state index in [0.29, 0.717) is 37.4 Å². The maximum Gasteiger partial charge on any atom is 0.259 e. The first-order valence-electron chi connectivity index (χ1n) is 10.8. The van der Waals surface area contributed by atoms with Gasteiger partial charge in [-0.3, -0.25) is 14.5 Å². The average molecular weight is 427 g/mol. The van der Waals surface area contributed by atoms with Crippen molar-refractivity contribution in [2.45, 2.75) is 13.0 Å². The zero-order chi connectivity index (χ0) is 21.8. The third-order valence-corrected chi connectivity index (χ3v) is 6.10. The van der Waals surface area contributed by atoms with Crippen molar-refractivity contribution in [2.75, 3.05) is 60.0 Å². The molecular formula is C23H30N4O4. The summed E-state index contributed by atoms with van der Waals surface area (Å²) in [5.74, 6) is 1.16. The van der Waals surface area contributed by atoms with Crippen LogP contribution in [-0.2, 0) is 13.0 Å². The number of methoxy groups -OCH3 is 1. The Balaban J connectivity index is 1.55. The number of carbonyl (C=O) groups is 1. The molecule has 0 radical (unpaired) electrons. The highest BCUT2D eigenvalue weighted by Gasteiger charge is 2.29. The number of fused-ring (bicyclic) bond motifs is 1. The van der Waals surface area contributed by atoms with E-state index in [1.54, 1.807) is 10.8 Å². The first kappa shape index (κ1) is 21.4. The zero-order valence-electron chi connectivity index (χ0n) is 18.2. The molecule has 2 aromatic heterocycles. The molecule has 0 aliphatic carbocycles. The summed E-state index contributed by atoms with van der Waals surface area (Å²) in [6.07, 6.45) is 6.29. The van der Waals surface area contributed by atoms with Crippen molar-refractivity contribution in [3.63, 3.8) is 0 Å². The Morgan fingerprint density at radius 2 is 1.97 bits per heavy atom. The third-order valence-electron chi connectivity index (χ3n) is 6.10. The van der Waals surface area contributed by atoms with E-state index in [9.17, 15) is 9.59 Å². The molecule has 4 heterocycles. The van der Waals surface area contributed by atoms with Gasteiger partial charge in [-0.1, -0.05) is 6.08 Å². The molecule has 2 aliphatic heterocycles. The van der Waals surface area contributed by atoms with Crippen LogP contribution in [0.5, 0.6) is 5.75 Å². The summed E-state index contributed by atoms with van der Waals surface area (Å²) in [6, 6.07) is 5.23. The number of ether oxygens (including phenoxy) is 1. The van der Waals surface area contributed by atoms with Crippen molar-refractivity contribution in [3.05, 3.63) is 57.9 Å². The number of amides is 1. The Morgan fingerprint density at radius 1 is 1.16 bits per heavy atom. The largest absolute Gasteiger partial charge is 0.496 e. The summed E-state index contributed by atoms with van der Waals surface area (Å²) in [5, 5.41) is 0. The van der Waals surface area contributed by atoms with Crippen LogP contribution in [-0.4, -0.2) is 85.1 Å². The van der Waals surface area contributed by atoms with Crippen LogP contribution >= 0.6 is 0 Å². The number of piperazine rings is 1. The minimum Gasteiger partial charge on any atom is -0.496 e. The van der Waals surface area contributed by atoms with E-state index in [1.165, 1.54) is 13.2 Å². The molecule has 8 heteroatoms. The van der Waals surface area contributed by atoms with Crippen LogP contribution in [0, 0.1) is 0 Å². The Kier molecular flexibility index (Phi) is 6.58. The second kappa shape index (κ2) is 9.53. The number of aromatic nitrogens is 1. The van der Waals surface area contributed by atoms with Crippen molar-refractivity contribution in [1.82, 2.24) is 19.3 Å². The topological polar surface area (TPSA) is 71.2 Å². The molecule has 0 atom stereocenters. The van der Waals surface area contributed by atoms with Gasteiger partial charge >= 0.3 is 0 Å². The Bertz CT molecular complexity index is 988. The summed E-state index contributed by atoms with van der Waals surface area (Å²) in [4.78, 5) is 32.6. The number of rotatable bonds is 5. The number of furan rings is 1. The monoisotopic (exact) mass is 426 g/mol. The van der Waals surface area contributed by atoms with E-state index in [1.807, 2.05) is 23.1 Å². The molecule has 0 unspecified atom stereocenters. The molecule has 2 aliphatic rings.